The summed E-state index contributed by atoms with van der Waals surface area (Å²) >= 11 is 0. The number of amides is 2. The van der Waals surface area contributed by atoms with Crippen molar-refractivity contribution in [3.8, 4) is 0 Å². The lowest BCUT2D eigenvalue weighted by atomic mass is 10.0. The lowest BCUT2D eigenvalue weighted by Gasteiger charge is -2.18. The predicted octanol–water partition coefficient (Wildman–Crippen LogP) is 0.889. The number of carboxylic acid groups (broad SMARTS) is 1. The van der Waals surface area contributed by atoms with Gasteiger partial charge in [0.05, 0.1) is 0 Å². The van der Waals surface area contributed by atoms with Gasteiger partial charge in [-0.15, -0.1) is 0 Å². The zero-order valence-electron chi connectivity index (χ0n) is 16.1. The zero-order chi connectivity index (χ0) is 20.4. The number of hydrogen-bond donors (Lipinski definition) is 3. The van der Waals surface area contributed by atoms with Crippen molar-refractivity contribution < 1.29 is 29.0 Å². The molecule has 8 heteroatoms. The van der Waals surface area contributed by atoms with Crippen molar-refractivity contribution in [3.63, 3.8) is 0 Å². The normalized spacial score (nSPS) is 18.9. The van der Waals surface area contributed by atoms with Crippen molar-refractivity contribution in [1.29, 1.82) is 0 Å². The van der Waals surface area contributed by atoms with Gasteiger partial charge in [-0.2, -0.15) is 0 Å². The van der Waals surface area contributed by atoms with Crippen molar-refractivity contribution in [2.24, 2.45) is 0 Å². The summed E-state index contributed by atoms with van der Waals surface area (Å²) in [6.07, 6.45) is 0.879. The number of ether oxygens (including phenoxy) is 2. The van der Waals surface area contributed by atoms with Gasteiger partial charge in [0.1, 0.15) is 6.04 Å². The number of carbonyl (C=O) groups excluding carboxylic acids is 2. The van der Waals surface area contributed by atoms with Crippen LogP contribution in [0, 0.1) is 0 Å². The minimum absolute atomic E-state index is 0.301. The second kappa shape index (κ2) is 11.4. The molecule has 1 aromatic rings. The van der Waals surface area contributed by atoms with Gasteiger partial charge in [-0.05, 0) is 18.4 Å². The average Bonchev–Trinajstić information content (AvgIpc) is 3.49. The Bertz CT molecular complexity index is 651. The first-order valence-electron chi connectivity index (χ1n) is 9.61. The average molecular weight is 392 g/mol. The molecule has 2 rings (SSSR count). The summed E-state index contributed by atoms with van der Waals surface area (Å²) < 4.78 is 10.3. The second-order valence-corrected chi connectivity index (χ2v) is 6.68. The molecule has 1 saturated heterocycles. The van der Waals surface area contributed by atoms with Gasteiger partial charge < -0.3 is 25.2 Å². The molecule has 2 amide bonds. The minimum atomic E-state index is -1.19. The SMILES string of the molecule is CCCCOCCCNC(=O)[C@H](Cc1ccccc1)NC(=O)[C@H]1O[C@@H]1C(=O)O. The summed E-state index contributed by atoms with van der Waals surface area (Å²) in [6.45, 7) is 3.80. The maximum absolute atomic E-state index is 12.6. The van der Waals surface area contributed by atoms with E-state index in [4.69, 9.17) is 14.6 Å². The van der Waals surface area contributed by atoms with E-state index in [1.165, 1.54) is 0 Å². The number of aliphatic carboxylic acids is 1. The third-order valence-electron chi connectivity index (χ3n) is 4.32. The van der Waals surface area contributed by atoms with Crippen LogP contribution in [-0.2, 0) is 30.3 Å². The van der Waals surface area contributed by atoms with Crippen molar-refractivity contribution in [3.05, 3.63) is 35.9 Å². The lowest BCUT2D eigenvalue weighted by molar-refractivity contribution is -0.138. The Labute approximate surface area is 164 Å². The molecule has 3 atom stereocenters. The third-order valence-corrected chi connectivity index (χ3v) is 4.32. The molecule has 28 heavy (non-hydrogen) atoms. The molecule has 1 aromatic carbocycles. The summed E-state index contributed by atoms with van der Waals surface area (Å²) in [5, 5.41) is 14.3. The Morgan fingerprint density at radius 2 is 1.86 bits per heavy atom. The first-order chi connectivity index (χ1) is 13.5. The van der Waals surface area contributed by atoms with Crippen LogP contribution >= 0.6 is 0 Å². The van der Waals surface area contributed by atoms with Crippen molar-refractivity contribution in [2.45, 2.75) is 50.9 Å². The molecular formula is C20H28N2O6. The predicted molar refractivity (Wildman–Crippen MR) is 102 cm³/mol. The maximum Gasteiger partial charge on any atom is 0.336 e. The molecule has 0 spiro atoms. The van der Waals surface area contributed by atoms with Crippen LogP contribution < -0.4 is 10.6 Å². The number of hydrogen-bond acceptors (Lipinski definition) is 5. The van der Waals surface area contributed by atoms with Gasteiger partial charge in [0.25, 0.3) is 5.91 Å². The second-order valence-electron chi connectivity index (χ2n) is 6.68. The van der Waals surface area contributed by atoms with Crippen molar-refractivity contribution in [1.82, 2.24) is 10.6 Å². The fourth-order valence-corrected chi connectivity index (χ4v) is 2.67. The Morgan fingerprint density at radius 1 is 1.14 bits per heavy atom. The van der Waals surface area contributed by atoms with Gasteiger partial charge in [0, 0.05) is 26.2 Å². The highest BCUT2D eigenvalue weighted by atomic mass is 16.6. The summed E-state index contributed by atoms with van der Waals surface area (Å²) in [5.74, 6) is -2.10. The Hall–Kier alpha value is -2.45. The number of rotatable bonds is 13. The van der Waals surface area contributed by atoms with Crippen molar-refractivity contribution >= 4 is 17.8 Å². The van der Waals surface area contributed by atoms with E-state index in [1.54, 1.807) is 0 Å². The van der Waals surface area contributed by atoms with E-state index >= 15 is 0 Å². The number of unbranched alkanes of at least 4 members (excludes halogenated alkanes) is 1. The Kier molecular flexibility index (Phi) is 8.90. The standard InChI is InChI=1S/C20H28N2O6/c1-2-3-11-27-12-7-10-21-18(23)15(13-14-8-5-4-6-9-14)22-19(24)16-17(28-16)20(25)26/h4-6,8-9,15-17H,2-3,7,10-13H2,1H3,(H,21,23)(H,22,24)(H,25,26)/t15-,16-,17-/m0/s1. The number of benzene rings is 1. The largest absolute Gasteiger partial charge is 0.479 e. The molecule has 1 fully saturated rings. The van der Waals surface area contributed by atoms with Crippen LogP contribution in [0.15, 0.2) is 30.3 Å². The molecule has 1 aliphatic heterocycles. The van der Waals surface area contributed by atoms with Gasteiger partial charge in [0.2, 0.25) is 5.91 Å². The Morgan fingerprint density at radius 3 is 2.50 bits per heavy atom. The van der Waals surface area contributed by atoms with Crippen LogP contribution in [0.2, 0.25) is 0 Å². The van der Waals surface area contributed by atoms with E-state index in [2.05, 4.69) is 17.6 Å². The zero-order valence-corrected chi connectivity index (χ0v) is 16.1. The smallest absolute Gasteiger partial charge is 0.336 e. The highest BCUT2D eigenvalue weighted by Gasteiger charge is 2.51. The van der Waals surface area contributed by atoms with Crippen LogP contribution in [0.5, 0.6) is 0 Å². The van der Waals surface area contributed by atoms with Crippen LogP contribution in [0.25, 0.3) is 0 Å². The molecular weight excluding hydrogens is 364 g/mol. The number of carboxylic acids is 1. The van der Waals surface area contributed by atoms with Crippen LogP contribution in [0.1, 0.15) is 31.7 Å². The van der Waals surface area contributed by atoms with E-state index in [0.717, 1.165) is 18.4 Å². The molecule has 0 unspecified atom stereocenters. The van der Waals surface area contributed by atoms with E-state index < -0.39 is 30.1 Å². The van der Waals surface area contributed by atoms with Gasteiger partial charge in [-0.1, -0.05) is 43.7 Å². The molecule has 1 aliphatic rings. The molecule has 0 radical (unpaired) electrons. The first-order valence-corrected chi connectivity index (χ1v) is 9.61. The van der Waals surface area contributed by atoms with Crippen LogP contribution in [0.3, 0.4) is 0 Å². The van der Waals surface area contributed by atoms with Gasteiger partial charge >= 0.3 is 5.97 Å². The van der Waals surface area contributed by atoms with Crippen molar-refractivity contribution in [2.75, 3.05) is 19.8 Å². The number of carbonyl (C=O) groups is 3. The fourth-order valence-electron chi connectivity index (χ4n) is 2.67. The Balaban J connectivity index is 1.84. The number of nitrogens with one attached hydrogen (secondary N) is 2. The molecule has 154 valence electrons. The van der Waals surface area contributed by atoms with Gasteiger partial charge in [-0.3, -0.25) is 9.59 Å². The highest BCUT2D eigenvalue weighted by Crippen LogP contribution is 2.22. The third kappa shape index (κ3) is 7.28. The first kappa shape index (κ1) is 21.8. The van der Waals surface area contributed by atoms with E-state index in [-0.39, 0.29) is 5.91 Å². The molecule has 0 aliphatic carbocycles. The maximum atomic E-state index is 12.6. The summed E-state index contributed by atoms with van der Waals surface area (Å²) in [7, 11) is 0. The van der Waals surface area contributed by atoms with Crippen LogP contribution in [-0.4, -0.2) is 60.9 Å². The van der Waals surface area contributed by atoms with E-state index in [0.29, 0.717) is 32.6 Å². The molecule has 3 N–H and O–H groups in total. The molecule has 0 bridgehead atoms. The highest BCUT2D eigenvalue weighted by molar-refractivity contribution is 5.95. The van der Waals surface area contributed by atoms with E-state index in [1.807, 2.05) is 30.3 Å². The summed E-state index contributed by atoms with van der Waals surface area (Å²) in [4.78, 5) is 35.6. The topological polar surface area (TPSA) is 117 Å². The van der Waals surface area contributed by atoms with E-state index in [9.17, 15) is 14.4 Å². The summed E-state index contributed by atoms with van der Waals surface area (Å²) in [6, 6.07) is 8.48. The molecule has 0 aromatic heterocycles. The summed E-state index contributed by atoms with van der Waals surface area (Å²) in [5.41, 5.74) is 0.886. The fraction of sp³-hybridized carbons (Fsp3) is 0.550. The van der Waals surface area contributed by atoms with Gasteiger partial charge in [0.15, 0.2) is 12.2 Å². The van der Waals surface area contributed by atoms with Gasteiger partial charge in [-0.25, -0.2) is 4.79 Å². The quantitative estimate of drug-likeness (QED) is 0.339. The number of epoxide rings is 1. The minimum Gasteiger partial charge on any atom is -0.479 e. The molecule has 1 heterocycles. The molecule has 0 saturated carbocycles. The van der Waals surface area contributed by atoms with Crippen LogP contribution in [0.4, 0.5) is 0 Å². The lowest BCUT2D eigenvalue weighted by Crippen LogP contribution is -2.49. The molecule has 8 nitrogen and oxygen atoms in total. The monoisotopic (exact) mass is 392 g/mol.